The Morgan fingerprint density at radius 3 is 1.31 bits per heavy atom. The van der Waals surface area contributed by atoms with Crippen molar-refractivity contribution in [3.8, 4) is 0 Å². The summed E-state index contributed by atoms with van der Waals surface area (Å²) in [6, 6.07) is 5.88. The van der Waals surface area contributed by atoms with Crippen LogP contribution in [0.4, 0.5) is 0 Å². The van der Waals surface area contributed by atoms with Crippen LogP contribution in [0.2, 0.25) is 0 Å². The van der Waals surface area contributed by atoms with E-state index >= 15 is 0 Å². The van der Waals surface area contributed by atoms with E-state index in [-0.39, 0.29) is 5.92 Å². The summed E-state index contributed by atoms with van der Waals surface area (Å²) >= 11 is 2.12. The van der Waals surface area contributed by atoms with Gasteiger partial charge >= 0.3 is 5.97 Å². The van der Waals surface area contributed by atoms with Gasteiger partial charge in [0, 0.05) is 9.13 Å². The molecule has 13 heteroatoms. The molecule has 45 heavy (non-hydrogen) atoms. The van der Waals surface area contributed by atoms with Gasteiger partial charge in [-0.2, -0.15) is 0 Å². The van der Waals surface area contributed by atoms with Crippen molar-refractivity contribution < 1.29 is 33.5 Å². The number of halogens is 1. The molecule has 0 saturated carbocycles. The summed E-state index contributed by atoms with van der Waals surface area (Å²) in [5.74, 6) is -3.93. The normalized spacial score (nSPS) is 13.3. The monoisotopic (exact) mass is 743 g/mol. The Hall–Kier alpha value is -3.23. The Bertz CT molecular complexity index is 1300. The molecule has 0 aliphatic heterocycles. The van der Waals surface area contributed by atoms with Crippen LogP contribution in [0.15, 0.2) is 24.3 Å². The highest BCUT2D eigenvalue weighted by Crippen LogP contribution is 2.17. The highest BCUT2D eigenvalue weighted by molar-refractivity contribution is 14.1. The van der Waals surface area contributed by atoms with Crippen LogP contribution in [0.3, 0.4) is 0 Å². The van der Waals surface area contributed by atoms with Gasteiger partial charge in [0.05, 0.1) is 0 Å². The molecule has 0 aromatic heterocycles. The Morgan fingerprint density at radius 1 is 0.600 bits per heavy atom. The standard InChI is InChI=1S/C32H50IN5O7/c1-18(2)21(23(40)45-28(3,4)5)34-24(41)29(6,7)36-26(43)31(10,11)38-27(44)32(12,13)37-25(42)30(8,9)35-22(39)19-14-16-20(33)17-15-19/h14-18,21H,1-13H3,(H,34,41)(H,35,39)(H,36,43)(H,37,42)(H,38,44)/t21-/m0/s1. The van der Waals surface area contributed by atoms with Crippen molar-refractivity contribution in [3.05, 3.63) is 33.4 Å². The lowest BCUT2D eigenvalue weighted by atomic mass is 9.94. The molecular formula is C32H50IN5O7. The molecule has 12 nitrogen and oxygen atoms in total. The van der Waals surface area contributed by atoms with E-state index in [1.165, 1.54) is 55.4 Å². The first kappa shape index (κ1) is 39.8. The van der Waals surface area contributed by atoms with Crippen LogP contribution < -0.4 is 26.6 Å². The molecule has 0 fully saturated rings. The smallest absolute Gasteiger partial charge is 0.329 e. The van der Waals surface area contributed by atoms with E-state index in [9.17, 15) is 28.8 Å². The number of hydrogen-bond donors (Lipinski definition) is 5. The van der Waals surface area contributed by atoms with Gasteiger partial charge in [0.15, 0.2) is 0 Å². The Balaban J connectivity index is 2.93. The predicted octanol–water partition coefficient (Wildman–Crippen LogP) is 2.97. The maximum absolute atomic E-state index is 13.3. The minimum Gasteiger partial charge on any atom is -0.458 e. The highest BCUT2D eigenvalue weighted by Gasteiger charge is 2.43. The summed E-state index contributed by atoms with van der Waals surface area (Å²) in [6.07, 6.45) is 0. The summed E-state index contributed by atoms with van der Waals surface area (Å²) in [5, 5.41) is 13.3. The minimum absolute atomic E-state index is 0.288. The number of carbonyl (C=O) groups is 6. The van der Waals surface area contributed by atoms with Gasteiger partial charge in [-0.15, -0.1) is 0 Å². The molecule has 0 saturated heterocycles. The maximum atomic E-state index is 13.3. The zero-order chi connectivity index (χ0) is 35.3. The average molecular weight is 744 g/mol. The molecular weight excluding hydrogens is 693 g/mol. The zero-order valence-corrected chi connectivity index (χ0v) is 30.9. The molecule has 1 atom stereocenters. The number of esters is 1. The fraction of sp³-hybridized carbons (Fsp3) is 0.625. The van der Waals surface area contributed by atoms with Gasteiger partial charge in [-0.1, -0.05) is 13.8 Å². The van der Waals surface area contributed by atoms with Gasteiger partial charge in [-0.3, -0.25) is 24.0 Å². The number of rotatable bonds is 12. The second-order valence-electron chi connectivity index (χ2n) is 14.6. The fourth-order valence-electron chi connectivity index (χ4n) is 3.69. The maximum Gasteiger partial charge on any atom is 0.329 e. The van der Waals surface area contributed by atoms with Crippen molar-refractivity contribution in [3.63, 3.8) is 0 Å². The quantitative estimate of drug-likeness (QED) is 0.162. The van der Waals surface area contributed by atoms with Crippen LogP contribution in [0.5, 0.6) is 0 Å². The Kier molecular flexibility index (Phi) is 12.8. The highest BCUT2D eigenvalue weighted by atomic mass is 127. The minimum atomic E-state index is -1.52. The third kappa shape index (κ3) is 11.9. The van der Waals surface area contributed by atoms with E-state index in [1.807, 2.05) is 0 Å². The van der Waals surface area contributed by atoms with Crippen molar-refractivity contribution >= 4 is 58.1 Å². The molecule has 0 bridgehead atoms. The molecule has 0 aliphatic carbocycles. The summed E-state index contributed by atoms with van der Waals surface area (Å²) in [5.41, 5.74) is -6.24. The van der Waals surface area contributed by atoms with E-state index < -0.39 is 69.3 Å². The lowest BCUT2D eigenvalue weighted by Gasteiger charge is -2.36. The number of benzene rings is 1. The van der Waals surface area contributed by atoms with Gasteiger partial charge in [0.1, 0.15) is 33.8 Å². The van der Waals surface area contributed by atoms with E-state index in [4.69, 9.17) is 4.74 Å². The van der Waals surface area contributed by atoms with Crippen molar-refractivity contribution in [1.29, 1.82) is 0 Å². The van der Waals surface area contributed by atoms with Crippen molar-refractivity contribution in [2.24, 2.45) is 5.92 Å². The summed E-state index contributed by atoms with van der Waals surface area (Å²) in [4.78, 5) is 78.4. The molecule has 5 amide bonds. The molecule has 1 aromatic rings. The number of ether oxygens (including phenoxy) is 1. The van der Waals surface area contributed by atoms with Crippen molar-refractivity contribution in [1.82, 2.24) is 26.6 Å². The van der Waals surface area contributed by atoms with E-state index in [1.54, 1.807) is 58.9 Å². The van der Waals surface area contributed by atoms with Gasteiger partial charge in [-0.05, 0) is 129 Å². The average Bonchev–Trinajstić information content (AvgIpc) is 2.84. The van der Waals surface area contributed by atoms with Gasteiger partial charge < -0.3 is 31.3 Å². The summed E-state index contributed by atoms with van der Waals surface area (Å²) < 4.78 is 6.39. The van der Waals surface area contributed by atoms with Gasteiger partial charge in [0.2, 0.25) is 23.6 Å². The van der Waals surface area contributed by atoms with Gasteiger partial charge in [0.25, 0.3) is 5.91 Å². The van der Waals surface area contributed by atoms with Crippen LogP contribution in [0.1, 0.15) is 100 Å². The van der Waals surface area contributed by atoms with Crippen LogP contribution in [-0.4, -0.2) is 69.3 Å². The van der Waals surface area contributed by atoms with Crippen molar-refractivity contribution in [2.45, 2.75) is 124 Å². The van der Waals surface area contributed by atoms with Crippen LogP contribution in [-0.2, 0) is 28.7 Å². The van der Waals surface area contributed by atoms with Gasteiger partial charge in [-0.25, -0.2) is 4.79 Å². The number of nitrogens with one attached hydrogen (secondary N) is 5. The first-order valence-electron chi connectivity index (χ1n) is 14.7. The fourth-order valence-corrected chi connectivity index (χ4v) is 4.05. The third-order valence-corrected chi connectivity index (χ3v) is 7.41. The molecule has 0 radical (unpaired) electrons. The van der Waals surface area contributed by atoms with Crippen LogP contribution >= 0.6 is 22.6 Å². The molecule has 0 unspecified atom stereocenters. The van der Waals surface area contributed by atoms with Crippen molar-refractivity contribution in [2.75, 3.05) is 0 Å². The molecule has 252 valence electrons. The summed E-state index contributed by atoms with van der Waals surface area (Å²) in [6.45, 7) is 20.5. The van der Waals surface area contributed by atoms with Crippen LogP contribution in [0, 0.1) is 9.49 Å². The number of hydrogen-bond acceptors (Lipinski definition) is 7. The molecule has 0 aliphatic rings. The molecule has 1 rings (SSSR count). The van der Waals surface area contributed by atoms with E-state index in [2.05, 4.69) is 49.2 Å². The Labute approximate surface area is 280 Å². The van der Waals surface area contributed by atoms with Crippen LogP contribution in [0.25, 0.3) is 0 Å². The number of carbonyl (C=O) groups excluding carboxylic acids is 6. The lowest BCUT2D eigenvalue weighted by Crippen LogP contribution is -2.68. The number of amides is 5. The largest absolute Gasteiger partial charge is 0.458 e. The lowest BCUT2D eigenvalue weighted by molar-refractivity contribution is -0.160. The SMILES string of the molecule is CC(C)[C@H](NC(=O)C(C)(C)NC(=O)C(C)(C)NC(=O)C(C)(C)NC(=O)C(C)(C)NC(=O)c1ccc(I)cc1)C(=O)OC(C)(C)C. The molecule has 0 spiro atoms. The molecule has 0 heterocycles. The summed E-state index contributed by atoms with van der Waals surface area (Å²) in [7, 11) is 0. The molecule has 5 N–H and O–H groups in total. The predicted molar refractivity (Wildman–Crippen MR) is 180 cm³/mol. The zero-order valence-electron chi connectivity index (χ0n) is 28.7. The topological polar surface area (TPSA) is 172 Å². The second-order valence-corrected chi connectivity index (χ2v) is 15.8. The third-order valence-electron chi connectivity index (χ3n) is 6.70. The Morgan fingerprint density at radius 2 is 0.956 bits per heavy atom. The molecule has 1 aromatic carbocycles. The van der Waals surface area contributed by atoms with E-state index in [0.29, 0.717) is 5.56 Å². The second kappa shape index (κ2) is 14.5. The first-order valence-corrected chi connectivity index (χ1v) is 15.8. The van der Waals surface area contributed by atoms with E-state index in [0.717, 1.165) is 3.57 Å². The first-order chi connectivity index (χ1) is 20.1.